The lowest BCUT2D eigenvalue weighted by molar-refractivity contribution is -0.195. The third kappa shape index (κ3) is 14.0. The maximum Gasteiger partial charge on any atom is 0.309 e. The highest BCUT2D eigenvalue weighted by Gasteiger charge is 2.30. The van der Waals surface area contributed by atoms with Crippen LogP contribution >= 0.6 is 0 Å². The van der Waals surface area contributed by atoms with E-state index in [0.29, 0.717) is 19.4 Å². The average Bonchev–Trinajstić information content (AvgIpc) is 2.75. The van der Waals surface area contributed by atoms with Crippen LogP contribution in [0.5, 0.6) is 0 Å². The lowest BCUT2D eigenvalue weighted by Crippen LogP contribution is -2.35. The minimum absolute atomic E-state index is 0.180. The van der Waals surface area contributed by atoms with Gasteiger partial charge in [-0.1, -0.05) is 70.9 Å². The van der Waals surface area contributed by atoms with Crippen molar-refractivity contribution in [1.82, 2.24) is 0 Å². The number of carboxylic acids is 1. The van der Waals surface area contributed by atoms with Crippen molar-refractivity contribution in [2.75, 3.05) is 6.61 Å². The Labute approximate surface area is 190 Å². The minimum Gasteiger partial charge on any atom is -0.481 e. The van der Waals surface area contributed by atoms with Crippen LogP contribution in [0.4, 0.5) is 0 Å². The van der Waals surface area contributed by atoms with Crippen molar-refractivity contribution in [1.29, 1.82) is 0 Å². The van der Waals surface area contributed by atoms with Crippen LogP contribution in [0.1, 0.15) is 117 Å². The van der Waals surface area contributed by atoms with Gasteiger partial charge in [0.05, 0.1) is 18.1 Å². The van der Waals surface area contributed by atoms with Crippen molar-refractivity contribution in [3.05, 3.63) is 12.2 Å². The maximum atomic E-state index is 11.7. The number of hydrogen-bond donors (Lipinski definition) is 2. The normalized spacial score (nSPS) is 20.0. The molecular formula is C26H48O5. The smallest absolute Gasteiger partial charge is 0.309 e. The van der Waals surface area contributed by atoms with E-state index in [0.717, 1.165) is 64.2 Å². The van der Waals surface area contributed by atoms with E-state index in [4.69, 9.17) is 9.47 Å². The van der Waals surface area contributed by atoms with Crippen molar-refractivity contribution < 1.29 is 24.5 Å². The number of allylic oxidation sites excluding steroid dienone is 2. The Morgan fingerprint density at radius 2 is 1.71 bits per heavy atom. The molecule has 31 heavy (non-hydrogen) atoms. The summed E-state index contributed by atoms with van der Waals surface area (Å²) in [4.78, 5) is 11.7. The molecule has 0 aliphatic carbocycles. The molecule has 0 saturated carbocycles. The van der Waals surface area contributed by atoms with Gasteiger partial charge in [0, 0.05) is 13.0 Å². The van der Waals surface area contributed by atoms with Gasteiger partial charge in [-0.3, -0.25) is 4.79 Å². The Kier molecular flexibility index (Phi) is 16.9. The molecule has 0 bridgehead atoms. The first-order valence-electron chi connectivity index (χ1n) is 12.9. The number of ether oxygens (including phenoxy) is 2. The zero-order valence-electron chi connectivity index (χ0n) is 20.1. The quantitative estimate of drug-likeness (QED) is 0.174. The summed E-state index contributed by atoms with van der Waals surface area (Å²) in [6.45, 7) is 5.08. The molecular weight excluding hydrogens is 392 g/mol. The molecule has 0 radical (unpaired) electrons. The molecule has 5 nitrogen and oxygen atoms in total. The van der Waals surface area contributed by atoms with Crippen LogP contribution in [-0.2, 0) is 14.3 Å². The van der Waals surface area contributed by atoms with E-state index in [1.165, 1.54) is 25.7 Å². The van der Waals surface area contributed by atoms with E-state index in [9.17, 15) is 15.0 Å². The second-order valence-electron chi connectivity index (χ2n) is 9.05. The molecule has 1 aliphatic rings. The number of carboxylic acid groups (broad SMARTS) is 1. The Bertz CT molecular complexity index is 459. The third-order valence-electron chi connectivity index (χ3n) is 6.18. The highest BCUT2D eigenvalue weighted by atomic mass is 16.7. The summed E-state index contributed by atoms with van der Waals surface area (Å²) in [5.74, 6) is -1.62. The Morgan fingerprint density at radius 3 is 2.35 bits per heavy atom. The number of carbonyl (C=O) groups is 1. The number of unbranched alkanes of at least 4 members (excludes halogenated alkanes) is 7. The van der Waals surface area contributed by atoms with Gasteiger partial charge >= 0.3 is 5.97 Å². The number of aliphatic carboxylic acids is 1. The Morgan fingerprint density at radius 1 is 1.00 bits per heavy atom. The number of rotatable bonds is 19. The molecule has 4 atom stereocenters. The van der Waals surface area contributed by atoms with Crippen molar-refractivity contribution in [2.45, 2.75) is 135 Å². The number of hydrogen-bond acceptors (Lipinski definition) is 4. The molecule has 0 spiro atoms. The highest BCUT2D eigenvalue weighted by Crippen LogP contribution is 2.24. The lowest BCUT2D eigenvalue weighted by atomic mass is 9.91. The summed E-state index contributed by atoms with van der Waals surface area (Å²) in [6, 6.07) is 0. The van der Waals surface area contributed by atoms with Crippen LogP contribution in [0.25, 0.3) is 0 Å². The van der Waals surface area contributed by atoms with Gasteiger partial charge < -0.3 is 19.7 Å². The summed E-state index contributed by atoms with van der Waals surface area (Å²) in [5.41, 5.74) is 0. The van der Waals surface area contributed by atoms with Crippen molar-refractivity contribution in [2.24, 2.45) is 5.92 Å². The molecule has 1 heterocycles. The molecule has 1 saturated heterocycles. The maximum absolute atomic E-state index is 11.7. The summed E-state index contributed by atoms with van der Waals surface area (Å²) in [7, 11) is 0. The third-order valence-corrected chi connectivity index (χ3v) is 6.18. The molecule has 2 N–H and O–H groups in total. The van der Waals surface area contributed by atoms with Crippen LogP contribution in [0.2, 0.25) is 0 Å². The number of aliphatic hydroxyl groups excluding tert-OH is 1. The van der Waals surface area contributed by atoms with Crippen LogP contribution < -0.4 is 0 Å². The standard InChI is InChI=1S/C26H48O5/c1-3-5-7-9-10-11-12-13-17-22(31-25-19-15-16-20-30-25)21-24(27)23(26(28)29)18-14-8-6-4-2/h11-12,22-25,27H,3-10,13-21H2,1-2H3,(H,28,29)/t22?,23?,24?,25-/m1/s1. The van der Waals surface area contributed by atoms with Crippen LogP contribution in [0.3, 0.4) is 0 Å². The predicted molar refractivity (Wildman–Crippen MR) is 126 cm³/mol. The molecule has 0 aromatic heterocycles. The molecule has 5 heteroatoms. The van der Waals surface area contributed by atoms with E-state index < -0.39 is 18.0 Å². The first-order valence-corrected chi connectivity index (χ1v) is 12.9. The van der Waals surface area contributed by atoms with E-state index in [-0.39, 0.29) is 12.4 Å². The molecule has 0 aromatic carbocycles. The van der Waals surface area contributed by atoms with Gasteiger partial charge in [-0.15, -0.1) is 0 Å². The van der Waals surface area contributed by atoms with Gasteiger partial charge in [-0.05, 0) is 51.4 Å². The first-order chi connectivity index (χ1) is 15.1. The highest BCUT2D eigenvalue weighted by molar-refractivity contribution is 5.70. The molecule has 1 rings (SSSR count). The van der Waals surface area contributed by atoms with Gasteiger partial charge in [0.25, 0.3) is 0 Å². The molecule has 182 valence electrons. The van der Waals surface area contributed by atoms with Crippen LogP contribution in [0.15, 0.2) is 12.2 Å². The molecule has 0 amide bonds. The fourth-order valence-electron chi connectivity index (χ4n) is 4.19. The monoisotopic (exact) mass is 440 g/mol. The molecule has 3 unspecified atom stereocenters. The molecule has 0 aromatic rings. The second kappa shape index (κ2) is 18.6. The molecule has 1 fully saturated rings. The zero-order valence-corrected chi connectivity index (χ0v) is 20.1. The summed E-state index contributed by atoms with van der Waals surface area (Å²) in [6.07, 6.45) is 19.0. The van der Waals surface area contributed by atoms with E-state index in [1.807, 2.05) is 0 Å². The molecule has 1 aliphatic heterocycles. The van der Waals surface area contributed by atoms with E-state index in [1.54, 1.807) is 0 Å². The topological polar surface area (TPSA) is 76.0 Å². The van der Waals surface area contributed by atoms with Gasteiger partial charge in [-0.2, -0.15) is 0 Å². The van der Waals surface area contributed by atoms with E-state index >= 15 is 0 Å². The van der Waals surface area contributed by atoms with Gasteiger partial charge in [-0.25, -0.2) is 0 Å². The fraction of sp³-hybridized carbons (Fsp3) is 0.885. The van der Waals surface area contributed by atoms with Gasteiger partial charge in [0.15, 0.2) is 6.29 Å². The van der Waals surface area contributed by atoms with Crippen molar-refractivity contribution in [3.8, 4) is 0 Å². The Hall–Kier alpha value is -0.910. The summed E-state index contributed by atoms with van der Waals surface area (Å²) < 4.78 is 11.9. The number of aliphatic hydroxyl groups is 1. The average molecular weight is 441 g/mol. The van der Waals surface area contributed by atoms with Crippen molar-refractivity contribution in [3.63, 3.8) is 0 Å². The lowest BCUT2D eigenvalue weighted by Gasteiger charge is -2.30. The minimum atomic E-state index is -0.899. The van der Waals surface area contributed by atoms with E-state index in [2.05, 4.69) is 26.0 Å². The van der Waals surface area contributed by atoms with Crippen molar-refractivity contribution >= 4 is 5.97 Å². The van der Waals surface area contributed by atoms with Gasteiger partial charge in [0.2, 0.25) is 0 Å². The largest absolute Gasteiger partial charge is 0.481 e. The Balaban J connectivity index is 2.53. The second-order valence-corrected chi connectivity index (χ2v) is 9.05. The van der Waals surface area contributed by atoms with Crippen LogP contribution in [-0.4, -0.2) is 41.3 Å². The van der Waals surface area contributed by atoms with Crippen LogP contribution in [0, 0.1) is 5.92 Å². The summed E-state index contributed by atoms with van der Waals surface area (Å²) in [5, 5.41) is 20.4. The zero-order chi connectivity index (χ0) is 22.7. The predicted octanol–water partition coefficient (Wildman–Crippen LogP) is 6.63. The fourth-order valence-corrected chi connectivity index (χ4v) is 4.19. The SMILES string of the molecule is CCCCCCC=CCCC(CC(O)C(CCCCCC)C(=O)O)O[C@@H]1CCCCO1. The summed E-state index contributed by atoms with van der Waals surface area (Å²) >= 11 is 0. The first kappa shape index (κ1) is 28.1. The van der Waals surface area contributed by atoms with Gasteiger partial charge in [0.1, 0.15) is 0 Å².